The minimum absolute atomic E-state index is 0.837. The molecule has 4 saturated carbocycles. The molecule has 2 N–H and O–H groups in total. The number of rotatable bonds is 3. The second-order valence-corrected chi connectivity index (χ2v) is 7.02. The van der Waals surface area contributed by atoms with Crippen molar-refractivity contribution in [2.24, 2.45) is 35.3 Å². The molecule has 4 fully saturated rings. The molecule has 0 atom stereocenters. The molecule has 96 valence electrons. The van der Waals surface area contributed by atoms with E-state index in [1.165, 1.54) is 25.7 Å². The first-order valence-corrected chi connectivity index (χ1v) is 7.55. The molecule has 0 aliphatic heterocycles. The van der Waals surface area contributed by atoms with Crippen molar-refractivity contribution >= 4 is 0 Å². The average molecular weight is 233 g/mol. The monoisotopic (exact) mass is 233 g/mol. The fraction of sp³-hybridized carbons (Fsp3) is 0.875. The number of hydrogen-bond acceptors (Lipinski definition) is 1. The molecular formula is C16H27N. The fourth-order valence-corrected chi connectivity index (χ4v) is 5.40. The van der Waals surface area contributed by atoms with Crippen molar-refractivity contribution in [3.63, 3.8) is 0 Å². The van der Waals surface area contributed by atoms with E-state index in [4.69, 9.17) is 5.73 Å². The highest BCUT2D eigenvalue weighted by molar-refractivity contribution is 5.19. The maximum Gasteiger partial charge on any atom is -0.00397 e. The lowest BCUT2D eigenvalue weighted by Gasteiger charge is -2.55. The van der Waals surface area contributed by atoms with Gasteiger partial charge in [0.05, 0.1) is 0 Å². The van der Waals surface area contributed by atoms with E-state index in [-0.39, 0.29) is 0 Å². The highest BCUT2D eigenvalue weighted by Crippen LogP contribution is 2.58. The van der Waals surface area contributed by atoms with E-state index in [0.717, 1.165) is 42.6 Å². The average Bonchev–Trinajstić information content (AvgIpc) is 2.26. The Bertz CT molecular complexity index is 296. The summed E-state index contributed by atoms with van der Waals surface area (Å²) in [6.45, 7) is 5.44. The maximum absolute atomic E-state index is 5.83. The molecule has 0 unspecified atom stereocenters. The van der Waals surface area contributed by atoms with Crippen LogP contribution >= 0.6 is 0 Å². The fourth-order valence-electron chi connectivity index (χ4n) is 5.40. The lowest BCUT2D eigenvalue weighted by molar-refractivity contribution is -0.0222. The standard InChI is InChI=1S/C16H27N/c1-10(2)15(3-4-17)16-13-6-11-5-12(8-13)9-14(16)7-11/h11-14,16H,3-9,17H2,1-2H3. The van der Waals surface area contributed by atoms with E-state index in [1.807, 2.05) is 0 Å². The number of hydrogen-bond donors (Lipinski definition) is 1. The van der Waals surface area contributed by atoms with Crippen LogP contribution in [-0.4, -0.2) is 6.54 Å². The van der Waals surface area contributed by atoms with Gasteiger partial charge in [-0.1, -0.05) is 11.1 Å². The van der Waals surface area contributed by atoms with E-state index in [0.29, 0.717) is 0 Å². The molecule has 0 aromatic heterocycles. The van der Waals surface area contributed by atoms with Crippen molar-refractivity contribution in [3.05, 3.63) is 11.1 Å². The highest BCUT2D eigenvalue weighted by Gasteiger charge is 2.48. The van der Waals surface area contributed by atoms with Crippen LogP contribution in [0.3, 0.4) is 0 Å². The number of nitrogens with two attached hydrogens (primary N) is 1. The zero-order chi connectivity index (χ0) is 12.0. The highest BCUT2D eigenvalue weighted by atomic mass is 14.6. The summed E-state index contributed by atoms with van der Waals surface area (Å²) in [5.74, 6) is 5.12. The Morgan fingerprint density at radius 2 is 1.47 bits per heavy atom. The van der Waals surface area contributed by atoms with Crippen LogP contribution in [-0.2, 0) is 0 Å². The van der Waals surface area contributed by atoms with Crippen molar-refractivity contribution in [2.45, 2.75) is 52.4 Å². The van der Waals surface area contributed by atoms with Gasteiger partial charge >= 0.3 is 0 Å². The Kier molecular flexibility index (Phi) is 3.06. The molecule has 0 radical (unpaired) electrons. The largest absolute Gasteiger partial charge is 0.330 e. The zero-order valence-corrected chi connectivity index (χ0v) is 11.4. The van der Waals surface area contributed by atoms with Gasteiger partial charge in [0, 0.05) is 0 Å². The van der Waals surface area contributed by atoms with Gasteiger partial charge < -0.3 is 5.73 Å². The first-order valence-electron chi connectivity index (χ1n) is 7.55. The van der Waals surface area contributed by atoms with Gasteiger partial charge in [-0.05, 0) is 88.5 Å². The van der Waals surface area contributed by atoms with Crippen LogP contribution in [0.15, 0.2) is 11.1 Å². The van der Waals surface area contributed by atoms with Crippen LogP contribution in [0, 0.1) is 29.6 Å². The predicted octanol–water partition coefficient (Wildman–Crippen LogP) is 3.74. The van der Waals surface area contributed by atoms with Gasteiger partial charge in [0.2, 0.25) is 0 Å². The normalized spacial score (nSPS) is 42.9. The first-order chi connectivity index (χ1) is 8.19. The molecule has 1 heteroatoms. The van der Waals surface area contributed by atoms with Crippen LogP contribution in [0.4, 0.5) is 0 Å². The summed E-state index contributed by atoms with van der Waals surface area (Å²) in [4.78, 5) is 0. The van der Waals surface area contributed by atoms with Crippen molar-refractivity contribution < 1.29 is 0 Å². The second-order valence-electron chi connectivity index (χ2n) is 7.02. The smallest absolute Gasteiger partial charge is 0.00397 e. The van der Waals surface area contributed by atoms with Gasteiger partial charge in [0.1, 0.15) is 0 Å². The SMILES string of the molecule is CC(C)=C(CCN)C1C2CC3CC(C2)CC1C3. The Balaban J connectivity index is 1.85. The van der Waals surface area contributed by atoms with Crippen LogP contribution < -0.4 is 5.73 Å². The molecule has 0 aromatic carbocycles. The molecule has 0 heterocycles. The van der Waals surface area contributed by atoms with Gasteiger partial charge in [0.15, 0.2) is 0 Å². The molecule has 4 rings (SSSR count). The topological polar surface area (TPSA) is 26.0 Å². The molecule has 1 nitrogen and oxygen atoms in total. The van der Waals surface area contributed by atoms with Gasteiger partial charge in [-0.3, -0.25) is 0 Å². The molecule has 4 aliphatic rings. The van der Waals surface area contributed by atoms with E-state index in [9.17, 15) is 0 Å². The van der Waals surface area contributed by atoms with Gasteiger partial charge in [-0.2, -0.15) is 0 Å². The van der Waals surface area contributed by atoms with Gasteiger partial charge in [-0.25, -0.2) is 0 Å². The summed E-state index contributed by atoms with van der Waals surface area (Å²) >= 11 is 0. The predicted molar refractivity (Wildman–Crippen MR) is 72.6 cm³/mol. The van der Waals surface area contributed by atoms with Crippen molar-refractivity contribution in [2.75, 3.05) is 6.54 Å². The van der Waals surface area contributed by atoms with Crippen molar-refractivity contribution in [1.29, 1.82) is 0 Å². The molecule has 0 aromatic rings. The molecule has 17 heavy (non-hydrogen) atoms. The Labute approximate surface area is 106 Å². The van der Waals surface area contributed by atoms with Crippen LogP contribution in [0.2, 0.25) is 0 Å². The summed E-state index contributed by atoms with van der Waals surface area (Å²) < 4.78 is 0. The lowest BCUT2D eigenvalue weighted by atomic mass is 9.50. The molecule has 4 aliphatic carbocycles. The lowest BCUT2D eigenvalue weighted by Crippen LogP contribution is -2.46. The molecule has 0 amide bonds. The summed E-state index contributed by atoms with van der Waals surface area (Å²) in [5.41, 5.74) is 9.13. The minimum atomic E-state index is 0.837. The Hall–Kier alpha value is -0.300. The van der Waals surface area contributed by atoms with Crippen LogP contribution in [0.1, 0.15) is 52.4 Å². The van der Waals surface area contributed by atoms with Crippen LogP contribution in [0.5, 0.6) is 0 Å². The molecule has 0 spiro atoms. The van der Waals surface area contributed by atoms with Gasteiger partial charge in [0.25, 0.3) is 0 Å². The molecule has 4 bridgehead atoms. The van der Waals surface area contributed by atoms with Crippen molar-refractivity contribution in [1.82, 2.24) is 0 Å². The zero-order valence-electron chi connectivity index (χ0n) is 11.4. The Morgan fingerprint density at radius 1 is 0.941 bits per heavy atom. The van der Waals surface area contributed by atoms with Crippen molar-refractivity contribution in [3.8, 4) is 0 Å². The molecule has 0 saturated heterocycles. The summed E-state index contributed by atoms with van der Waals surface area (Å²) in [6, 6.07) is 0. The second kappa shape index (κ2) is 4.42. The Morgan fingerprint density at radius 3 is 1.88 bits per heavy atom. The number of allylic oxidation sites excluding steroid dienone is 1. The first kappa shape index (κ1) is 11.8. The van der Waals surface area contributed by atoms with E-state index >= 15 is 0 Å². The van der Waals surface area contributed by atoms with Crippen LogP contribution in [0.25, 0.3) is 0 Å². The summed E-state index contributed by atoms with van der Waals surface area (Å²) in [5, 5.41) is 0. The van der Waals surface area contributed by atoms with Gasteiger partial charge in [-0.15, -0.1) is 0 Å². The maximum atomic E-state index is 5.83. The summed E-state index contributed by atoms with van der Waals surface area (Å²) in [6.07, 6.45) is 8.81. The van der Waals surface area contributed by atoms with E-state index < -0.39 is 0 Å². The third-order valence-electron chi connectivity index (χ3n) is 5.69. The summed E-state index contributed by atoms with van der Waals surface area (Å²) in [7, 11) is 0. The third-order valence-corrected chi connectivity index (χ3v) is 5.69. The minimum Gasteiger partial charge on any atom is -0.330 e. The van der Waals surface area contributed by atoms with E-state index in [1.54, 1.807) is 17.6 Å². The molecular weight excluding hydrogens is 206 g/mol. The quantitative estimate of drug-likeness (QED) is 0.738. The third kappa shape index (κ3) is 1.97. The van der Waals surface area contributed by atoms with E-state index in [2.05, 4.69) is 13.8 Å².